The van der Waals surface area contributed by atoms with Gasteiger partial charge in [0.25, 0.3) is 5.91 Å². The first-order valence-electron chi connectivity index (χ1n) is 7.84. The lowest BCUT2D eigenvalue weighted by atomic mass is 9.95. The van der Waals surface area contributed by atoms with Crippen molar-refractivity contribution in [3.63, 3.8) is 0 Å². The van der Waals surface area contributed by atoms with E-state index in [1.807, 2.05) is 6.92 Å². The van der Waals surface area contributed by atoms with Crippen LogP contribution in [0.5, 0.6) is 0 Å². The molecule has 0 aromatic carbocycles. The second-order valence-electron chi connectivity index (χ2n) is 6.22. The van der Waals surface area contributed by atoms with Crippen molar-refractivity contribution in [2.24, 2.45) is 11.8 Å². The van der Waals surface area contributed by atoms with Crippen LogP contribution < -0.4 is 5.32 Å². The Hall–Kier alpha value is -1.98. The van der Waals surface area contributed by atoms with E-state index in [-0.39, 0.29) is 23.8 Å². The van der Waals surface area contributed by atoms with Gasteiger partial charge in [-0.05, 0) is 25.7 Å². The smallest absolute Gasteiger partial charge is 0.274 e. The number of hydrogen-bond acceptors (Lipinski definition) is 4. The van der Waals surface area contributed by atoms with Crippen LogP contribution in [0.25, 0.3) is 0 Å². The van der Waals surface area contributed by atoms with E-state index in [9.17, 15) is 9.59 Å². The van der Waals surface area contributed by atoms with Gasteiger partial charge >= 0.3 is 0 Å². The molecule has 1 fully saturated rings. The topological polar surface area (TPSA) is 75.2 Å². The van der Waals surface area contributed by atoms with E-state index in [1.54, 1.807) is 4.90 Å². The molecule has 0 radical (unpaired) electrons. The number of nitrogens with zero attached hydrogens (tertiary/aromatic N) is 3. The van der Waals surface area contributed by atoms with E-state index in [0.29, 0.717) is 24.7 Å². The van der Waals surface area contributed by atoms with Crippen molar-refractivity contribution in [2.75, 3.05) is 13.1 Å². The van der Waals surface area contributed by atoms with Crippen LogP contribution in [-0.2, 0) is 4.79 Å². The lowest BCUT2D eigenvalue weighted by Gasteiger charge is -2.32. The molecule has 120 valence electrons. The normalized spacial score (nSPS) is 19.8. The van der Waals surface area contributed by atoms with Gasteiger partial charge < -0.3 is 10.2 Å². The van der Waals surface area contributed by atoms with Crippen LogP contribution in [-0.4, -0.2) is 45.8 Å². The Morgan fingerprint density at radius 3 is 2.73 bits per heavy atom. The molecule has 2 amide bonds. The summed E-state index contributed by atoms with van der Waals surface area (Å²) in [6, 6.07) is 0.138. The number of piperidine rings is 1. The first kappa shape index (κ1) is 16.4. The molecule has 1 aliphatic heterocycles. The zero-order valence-electron chi connectivity index (χ0n) is 13.5. The van der Waals surface area contributed by atoms with E-state index < -0.39 is 0 Å². The maximum Gasteiger partial charge on any atom is 0.274 e. The minimum absolute atomic E-state index is 0.0397. The molecule has 0 aliphatic carbocycles. The van der Waals surface area contributed by atoms with Gasteiger partial charge in [-0.3, -0.25) is 14.6 Å². The van der Waals surface area contributed by atoms with E-state index in [2.05, 4.69) is 29.1 Å². The third kappa shape index (κ3) is 4.02. The second-order valence-corrected chi connectivity index (χ2v) is 6.22. The van der Waals surface area contributed by atoms with Crippen molar-refractivity contribution in [2.45, 2.75) is 39.7 Å². The third-order valence-electron chi connectivity index (χ3n) is 4.23. The first-order chi connectivity index (χ1) is 10.5. The largest absolute Gasteiger partial charge is 0.353 e. The minimum Gasteiger partial charge on any atom is -0.353 e. The average molecular weight is 304 g/mol. The highest BCUT2D eigenvalue weighted by Gasteiger charge is 2.30. The molecule has 1 aromatic rings. The first-order valence-corrected chi connectivity index (χ1v) is 7.84. The fourth-order valence-electron chi connectivity index (χ4n) is 2.46. The summed E-state index contributed by atoms with van der Waals surface area (Å²) in [5.74, 6) is 0.140. The fourth-order valence-corrected chi connectivity index (χ4v) is 2.46. The number of hydrogen-bond donors (Lipinski definition) is 1. The van der Waals surface area contributed by atoms with E-state index in [1.165, 1.54) is 18.6 Å². The Balaban J connectivity index is 1.97. The maximum absolute atomic E-state index is 12.4. The molecule has 6 heteroatoms. The molecule has 0 saturated carbocycles. The molecule has 1 N–H and O–H groups in total. The van der Waals surface area contributed by atoms with Crippen molar-refractivity contribution < 1.29 is 9.59 Å². The Kier molecular flexibility index (Phi) is 5.46. The predicted octanol–water partition coefficient (Wildman–Crippen LogP) is 1.49. The summed E-state index contributed by atoms with van der Waals surface area (Å²) in [6.45, 7) is 7.28. The van der Waals surface area contributed by atoms with Gasteiger partial charge in [0.1, 0.15) is 5.69 Å². The van der Waals surface area contributed by atoms with Gasteiger partial charge in [-0.2, -0.15) is 0 Å². The maximum atomic E-state index is 12.4. The molecule has 2 rings (SSSR count). The van der Waals surface area contributed by atoms with Gasteiger partial charge in [-0.15, -0.1) is 0 Å². The number of carbonyl (C=O) groups is 2. The number of nitrogens with one attached hydrogen (secondary N) is 1. The van der Waals surface area contributed by atoms with Gasteiger partial charge in [0, 0.05) is 31.5 Å². The average Bonchev–Trinajstić information content (AvgIpc) is 2.55. The number of aromatic nitrogens is 2. The molecule has 1 saturated heterocycles. The van der Waals surface area contributed by atoms with Crippen LogP contribution in [0.15, 0.2) is 18.6 Å². The molecular formula is C16H24N4O2. The number of rotatable bonds is 4. The lowest BCUT2D eigenvalue weighted by Crippen LogP contribution is -2.48. The zero-order valence-corrected chi connectivity index (χ0v) is 13.5. The molecule has 1 aliphatic rings. The molecule has 6 nitrogen and oxygen atoms in total. The molecule has 2 atom stereocenters. The van der Waals surface area contributed by atoms with Crippen molar-refractivity contribution >= 4 is 11.8 Å². The van der Waals surface area contributed by atoms with Crippen molar-refractivity contribution in [1.82, 2.24) is 20.2 Å². The van der Waals surface area contributed by atoms with E-state index in [0.717, 1.165) is 12.8 Å². The highest BCUT2D eigenvalue weighted by molar-refractivity contribution is 5.92. The van der Waals surface area contributed by atoms with Crippen LogP contribution in [0.2, 0.25) is 0 Å². The van der Waals surface area contributed by atoms with Crippen LogP contribution >= 0.6 is 0 Å². The van der Waals surface area contributed by atoms with Gasteiger partial charge in [-0.25, -0.2) is 4.98 Å². The Labute approximate surface area is 131 Å². The summed E-state index contributed by atoms with van der Waals surface area (Å²) in [4.78, 5) is 34.4. The van der Waals surface area contributed by atoms with Crippen LogP contribution in [0, 0.1) is 11.8 Å². The van der Waals surface area contributed by atoms with Crippen molar-refractivity contribution in [3.8, 4) is 0 Å². The monoisotopic (exact) mass is 304 g/mol. The molecular weight excluding hydrogens is 280 g/mol. The molecule has 22 heavy (non-hydrogen) atoms. The van der Waals surface area contributed by atoms with E-state index >= 15 is 0 Å². The molecule has 2 unspecified atom stereocenters. The Bertz CT molecular complexity index is 518. The second kappa shape index (κ2) is 7.33. The summed E-state index contributed by atoms with van der Waals surface area (Å²) < 4.78 is 0. The summed E-state index contributed by atoms with van der Waals surface area (Å²) in [5.41, 5.74) is 0.333. The molecule has 0 bridgehead atoms. The summed E-state index contributed by atoms with van der Waals surface area (Å²) in [7, 11) is 0. The Morgan fingerprint density at radius 2 is 2.09 bits per heavy atom. The lowest BCUT2D eigenvalue weighted by molar-refractivity contribution is -0.127. The highest BCUT2D eigenvalue weighted by Crippen LogP contribution is 2.18. The summed E-state index contributed by atoms with van der Waals surface area (Å²) >= 11 is 0. The van der Waals surface area contributed by atoms with Gasteiger partial charge in [0.2, 0.25) is 5.91 Å². The number of amides is 2. The standard InChI is InChI=1S/C16H24N4O2/c1-11(2)12(3)19-15(21)13-5-4-8-20(10-13)16(22)14-9-17-6-7-18-14/h6-7,9,11-13H,4-5,8,10H2,1-3H3,(H,19,21). The van der Waals surface area contributed by atoms with E-state index in [4.69, 9.17) is 0 Å². The minimum atomic E-state index is -0.150. The summed E-state index contributed by atoms with van der Waals surface area (Å²) in [5, 5.41) is 3.04. The molecule has 2 heterocycles. The predicted molar refractivity (Wildman–Crippen MR) is 83.1 cm³/mol. The van der Waals surface area contributed by atoms with Gasteiger partial charge in [0.05, 0.1) is 12.1 Å². The molecule has 0 spiro atoms. The van der Waals surface area contributed by atoms with Crippen molar-refractivity contribution in [1.29, 1.82) is 0 Å². The SMILES string of the molecule is CC(C)C(C)NC(=O)C1CCCN(C(=O)c2cnccn2)C1. The van der Waals surface area contributed by atoms with Crippen molar-refractivity contribution in [3.05, 3.63) is 24.3 Å². The highest BCUT2D eigenvalue weighted by atomic mass is 16.2. The molecule has 1 aromatic heterocycles. The zero-order chi connectivity index (χ0) is 16.1. The number of likely N-dealkylation sites (tertiary alicyclic amines) is 1. The van der Waals surface area contributed by atoms with Gasteiger partial charge in [0.15, 0.2) is 0 Å². The number of carbonyl (C=O) groups excluding carboxylic acids is 2. The van der Waals surface area contributed by atoms with Crippen LogP contribution in [0.1, 0.15) is 44.1 Å². The fraction of sp³-hybridized carbons (Fsp3) is 0.625. The van der Waals surface area contributed by atoms with Crippen LogP contribution in [0.3, 0.4) is 0 Å². The third-order valence-corrected chi connectivity index (χ3v) is 4.23. The van der Waals surface area contributed by atoms with Crippen LogP contribution in [0.4, 0.5) is 0 Å². The summed E-state index contributed by atoms with van der Waals surface area (Å²) in [6.07, 6.45) is 6.16. The Morgan fingerprint density at radius 1 is 1.32 bits per heavy atom. The quantitative estimate of drug-likeness (QED) is 0.914. The van der Waals surface area contributed by atoms with Gasteiger partial charge in [-0.1, -0.05) is 13.8 Å².